The summed E-state index contributed by atoms with van der Waals surface area (Å²) >= 11 is 1.79. The van der Waals surface area contributed by atoms with E-state index in [1.54, 1.807) is 11.3 Å². The van der Waals surface area contributed by atoms with E-state index < -0.39 is 0 Å². The van der Waals surface area contributed by atoms with Crippen LogP contribution in [-0.2, 0) is 6.54 Å². The number of aromatic nitrogens is 1. The third-order valence-electron chi connectivity index (χ3n) is 3.34. The lowest BCUT2D eigenvalue weighted by Gasteiger charge is -2.19. The summed E-state index contributed by atoms with van der Waals surface area (Å²) in [7, 11) is 0. The minimum atomic E-state index is 0.569. The zero-order valence-electron chi connectivity index (χ0n) is 9.13. The fourth-order valence-corrected chi connectivity index (χ4v) is 2.36. The zero-order valence-corrected chi connectivity index (χ0v) is 9.95. The molecule has 3 heteroatoms. The third-order valence-corrected chi connectivity index (χ3v) is 4.25. The van der Waals surface area contributed by atoms with Gasteiger partial charge >= 0.3 is 0 Å². The first-order valence-electron chi connectivity index (χ1n) is 5.25. The quantitative estimate of drug-likeness (QED) is 0.826. The van der Waals surface area contributed by atoms with Gasteiger partial charge in [0.2, 0.25) is 0 Å². The lowest BCUT2D eigenvalue weighted by atomic mass is 10.0. The number of hydrogen-bond acceptors (Lipinski definition) is 3. The summed E-state index contributed by atoms with van der Waals surface area (Å²) in [6.45, 7) is 7.69. The van der Waals surface area contributed by atoms with E-state index in [2.05, 4.69) is 31.1 Å². The monoisotopic (exact) mass is 210 g/mol. The summed E-state index contributed by atoms with van der Waals surface area (Å²) < 4.78 is 0. The third kappa shape index (κ3) is 2.15. The van der Waals surface area contributed by atoms with Gasteiger partial charge in [0.05, 0.1) is 5.01 Å². The minimum Gasteiger partial charge on any atom is -0.309 e. The molecule has 1 aromatic heterocycles. The first-order chi connectivity index (χ1) is 6.60. The molecule has 0 radical (unpaired) electrons. The largest absolute Gasteiger partial charge is 0.309 e. The van der Waals surface area contributed by atoms with Crippen LogP contribution in [0.3, 0.4) is 0 Å². The molecule has 0 amide bonds. The maximum atomic E-state index is 4.25. The van der Waals surface area contributed by atoms with Crippen molar-refractivity contribution in [1.82, 2.24) is 10.3 Å². The van der Waals surface area contributed by atoms with Crippen molar-refractivity contribution >= 4 is 11.3 Å². The molecule has 0 aliphatic heterocycles. The number of aryl methyl sites for hydroxylation is 1. The first kappa shape index (κ1) is 10.1. The highest BCUT2D eigenvalue weighted by atomic mass is 32.1. The van der Waals surface area contributed by atoms with Crippen molar-refractivity contribution in [2.75, 3.05) is 0 Å². The number of hydrogen-bond donors (Lipinski definition) is 1. The number of thiazole rings is 1. The predicted octanol–water partition coefficient (Wildman–Crippen LogP) is 2.73. The Morgan fingerprint density at radius 1 is 1.64 bits per heavy atom. The summed E-state index contributed by atoms with van der Waals surface area (Å²) in [5.41, 5.74) is 0.569. The van der Waals surface area contributed by atoms with Crippen LogP contribution in [0.1, 0.15) is 36.6 Å². The second-order valence-corrected chi connectivity index (χ2v) is 5.92. The molecular formula is C11H18N2S. The van der Waals surface area contributed by atoms with Crippen molar-refractivity contribution in [3.63, 3.8) is 0 Å². The Labute approximate surface area is 89.8 Å². The summed E-state index contributed by atoms with van der Waals surface area (Å²) in [4.78, 5) is 5.60. The van der Waals surface area contributed by atoms with E-state index in [-0.39, 0.29) is 0 Å². The molecule has 1 heterocycles. The van der Waals surface area contributed by atoms with E-state index in [9.17, 15) is 0 Å². The maximum Gasteiger partial charge on any atom is 0.0897 e. The van der Waals surface area contributed by atoms with Crippen LogP contribution in [0, 0.1) is 12.3 Å². The van der Waals surface area contributed by atoms with Crippen LogP contribution in [-0.4, -0.2) is 11.0 Å². The van der Waals surface area contributed by atoms with Gasteiger partial charge in [-0.1, -0.05) is 6.92 Å². The van der Waals surface area contributed by atoms with Gasteiger partial charge in [-0.3, -0.25) is 0 Å². The van der Waals surface area contributed by atoms with Gasteiger partial charge < -0.3 is 5.32 Å². The Bertz CT molecular complexity index is 315. The van der Waals surface area contributed by atoms with Gasteiger partial charge in [-0.05, 0) is 32.1 Å². The molecule has 0 saturated heterocycles. The van der Waals surface area contributed by atoms with Gasteiger partial charge in [0, 0.05) is 23.7 Å². The highest BCUT2D eigenvalue weighted by Gasteiger charge is 2.42. The standard InChI is InChI=1S/C11H18N2S/c1-8(11(3)4-5-11)12-6-10-7-13-9(2)14-10/h7-8,12H,4-6H2,1-3H3. The van der Waals surface area contributed by atoms with Gasteiger partial charge in [-0.15, -0.1) is 11.3 Å². The molecule has 1 saturated carbocycles. The van der Waals surface area contributed by atoms with E-state index in [0.29, 0.717) is 11.5 Å². The molecule has 0 bridgehead atoms. The van der Waals surface area contributed by atoms with Crippen LogP contribution >= 0.6 is 11.3 Å². The molecule has 0 aromatic carbocycles. The molecule has 1 aromatic rings. The van der Waals surface area contributed by atoms with E-state index in [4.69, 9.17) is 0 Å². The summed E-state index contributed by atoms with van der Waals surface area (Å²) in [6, 6.07) is 0.630. The zero-order chi connectivity index (χ0) is 10.2. The van der Waals surface area contributed by atoms with Crippen molar-refractivity contribution in [2.45, 2.75) is 46.2 Å². The average Bonchev–Trinajstić information content (AvgIpc) is 2.76. The summed E-state index contributed by atoms with van der Waals surface area (Å²) in [6.07, 6.45) is 4.74. The number of nitrogens with zero attached hydrogens (tertiary/aromatic N) is 1. The molecule has 1 aliphatic rings. The van der Waals surface area contributed by atoms with Crippen molar-refractivity contribution in [3.8, 4) is 0 Å². The van der Waals surface area contributed by atoms with Gasteiger partial charge in [0.1, 0.15) is 0 Å². The first-order valence-corrected chi connectivity index (χ1v) is 6.06. The smallest absolute Gasteiger partial charge is 0.0897 e. The van der Waals surface area contributed by atoms with Crippen LogP contribution in [0.15, 0.2) is 6.20 Å². The molecule has 1 N–H and O–H groups in total. The van der Waals surface area contributed by atoms with E-state index in [1.807, 2.05) is 6.20 Å². The van der Waals surface area contributed by atoms with Gasteiger partial charge in [0.25, 0.3) is 0 Å². The second-order valence-electron chi connectivity index (χ2n) is 4.60. The minimum absolute atomic E-state index is 0.569. The molecule has 78 valence electrons. The molecule has 1 aliphatic carbocycles. The van der Waals surface area contributed by atoms with Crippen molar-refractivity contribution in [2.24, 2.45) is 5.41 Å². The van der Waals surface area contributed by atoms with Crippen LogP contribution < -0.4 is 5.32 Å². The predicted molar refractivity (Wildman–Crippen MR) is 60.5 cm³/mol. The average molecular weight is 210 g/mol. The van der Waals surface area contributed by atoms with Gasteiger partial charge in [-0.25, -0.2) is 4.98 Å². The van der Waals surface area contributed by atoms with Crippen molar-refractivity contribution in [3.05, 3.63) is 16.1 Å². The SMILES string of the molecule is Cc1ncc(CNC(C)C2(C)CC2)s1. The van der Waals surface area contributed by atoms with Gasteiger partial charge in [-0.2, -0.15) is 0 Å². The maximum absolute atomic E-state index is 4.25. The molecular weight excluding hydrogens is 192 g/mol. The Hall–Kier alpha value is -0.410. The normalized spacial score (nSPS) is 20.8. The molecule has 1 atom stereocenters. The molecule has 0 spiro atoms. The second kappa shape index (κ2) is 3.63. The Balaban J connectivity index is 1.82. The van der Waals surface area contributed by atoms with Gasteiger partial charge in [0.15, 0.2) is 0 Å². The topological polar surface area (TPSA) is 24.9 Å². The highest BCUT2D eigenvalue weighted by Crippen LogP contribution is 2.47. The number of nitrogens with one attached hydrogen (secondary N) is 1. The summed E-state index contributed by atoms with van der Waals surface area (Å²) in [5.74, 6) is 0. The van der Waals surface area contributed by atoms with Crippen molar-refractivity contribution < 1.29 is 0 Å². The molecule has 1 unspecified atom stereocenters. The van der Waals surface area contributed by atoms with Crippen LogP contribution in [0.5, 0.6) is 0 Å². The lowest BCUT2D eigenvalue weighted by Crippen LogP contribution is -2.32. The summed E-state index contributed by atoms with van der Waals surface area (Å²) in [5, 5.41) is 4.74. The van der Waals surface area contributed by atoms with E-state index in [0.717, 1.165) is 11.6 Å². The lowest BCUT2D eigenvalue weighted by molar-refractivity contribution is 0.381. The molecule has 2 nitrogen and oxygen atoms in total. The molecule has 1 fully saturated rings. The molecule has 2 rings (SSSR count). The van der Waals surface area contributed by atoms with E-state index >= 15 is 0 Å². The Morgan fingerprint density at radius 3 is 2.86 bits per heavy atom. The van der Waals surface area contributed by atoms with E-state index in [1.165, 1.54) is 17.7 Å². The Kier molecular flexibility index (Phi) is 2.62. The molecule has 14 heavy (non-hydrogen) atoms. The number of rotatable bonds is 4. The highest BCUT2D eigenvalue weighted by molar-refractivity contribution is 7.11. The fraction of sp³-hybridized carbons (Fsp3) is 0.727. The van der Waals surface area contributed by atoms with Crippen LogP contribution in [0.2, 0.25) is 0 Å². The van der Waals surface area contributed by atoms with Crippen LogP contribution in [0.25, 0.3) is 0 Å². The fourth-order valence-electron chi connectivity index (χ4n) is 1.62. The van der Waals surface area contributed by atoms with Crippen LogP contribution in [0.4, 0.5) is 0 Å². The Morgan fingerprint density at radius 2 is 2.36 bits per heavy atom. The van der Waals surface area contributed by atoms with Crippen molar-refractivity contribution in [1.29, 1.82) is 0 Å².